The molecule has 0 atom stereocenters. The molecule has 1 heterocycles. The van der Waals surface area contributed by atoms with Gasteiger partial charge in [0.15, 0.2) is 5.96 Å². The number of guanidine groups is 1. The van der Waals surface area contributed by atoms with Gasteiger partial charge in [-0.15, -0.1) is 0 Å². The van der Waals surface area contributed by atoms with Crippen molar-refractivity contribution in [2.24, 2.45) is 4.99 Å². The summed E-state index contributed by atoms with van der Waals surface area (Å²) in [4.78, 5) is 8.41. The van der Waals surface area contributed by atoms with Gasteiger partial charge in [-0.05, 0) is 25.8 Å². The number of hydrogen-bond acceptors (Lipinski definition) is 3. The van der Waals surface area contributed by atoms with Gasteiger partial charge >= 0.3 is 0 Å². The van der Waals surface area contributed by atoms with Crippen molar-refractivity contribution in [1.29, 1.82) is 0 Å². The minimum Gasteiger partial charge on any atom is -0.478 e. The highest BCUT2D eigenvalue weighted by molar-refractivity contribution is 5.79. The molecule has 0 aromatic carbocycles. The van der Waals surface area contributed by atoms with Crippen LogP contribution in [0.3, 0.4) is 0 Å². The van der Waals surface area contributed by atoms with Crippen LogP contribution >= 0.6 is 0 Å². The lowest BCUT2D eigenvalue weighted by atomic mass is 10.3. The predicted molar refractivity (Wildman–Crippen MR) is 78.5 cm³/mol. The molecule has 19 heavy (non-hydrogen) atoms. The molecule has 0 unspecified atom stereocenters. The smallest absolute Gasteiger partial charge is 0.213 e. The third kappa shape index (κ3) is 6.08. The van der Waals surface area contributed by atoms with Crippen LogP contribution in [0.25, 0.3) is 0 Å². The first-order valence-corrected chi connectivity index (χ1v) is 6.70. The van der Waals surface area contributed by atoms with Crippen molar-refractivity contribution in [2.75, 3.05) is 13.7 Å². The van der Waals surface area contributed by atoms with Gasteiger partial charge in [0.1, 0.15) is 0 Å². The lowest BCUT2D eigenvalue weighted by Gasteiger charge is -2.14. The van der Waals surface area contributed by atoms with Crippen molar-refractivity contribution in [2.45, 2.75) is 39.8 Å². The number of nitrogens with zero attached hydrogens (tertiary/aromatic N) is 2. The van der Waals surface area contributed by atoms with E-state index in [-0.39, 0.29) is 0 Å². The van der Waals surface area contributed by atoms with Crippen LogP contribution in [-0.4, -0.2) is 30.6 Å². The number of pyridine rings is 1. The lowest BCUT2D eigenvalue weighted by molar-refractivity contribution is 0.305. The monoisotopic (exact) mass is 264 g/mol. The maximum absolute atomic E-state index is 5.44. The first kappa shape index (κ1) is 15.3. The molecule has 0 fully saturated rings. The molecule has 0 spiro atoms. The summed E-state index contributed by atoms with van der Waals surface area (Å²) < 4.78 is 5.44. The van der Waals surface area contributed by atoms with Gasteiger partial charge in [0.05, 0.1) is 6.61 Å². The van der Waals surface area contributed by atoms with E-state index in [4.69, 9.17) is 4.74 Å². The van der Waals surface area contributed by atoms with Crippen molar-refractivity contribution < 1.29 is 4.74 Å². The van der Waals surface area contributed by atoms with E-state index >= 15 is 0 Å². The summed E-state index contributed by atoms with van der Waals surface area (Å²) in [5.41, 5.74) is 1.09. The van der Waals surface area contributed by atoms with E-state index in [9.17, 15) is 0 Å². The Labute approximate surface area is 115 Å². The molecule has 0 aliphatic heterocycles. The fourth-order valence-corrected chi connectivity index (χ4v) is 1.46. The summed E-state index contributed by atoms with van der Waals surface area (Å²) in [5, 5.41) is 6.47. The van der Waals surface area contributed by atoms with Crippen LogP contribution in [0.4, 0.5) is 0 Å². The lowest BCUT2D eigenvalue weighted by Crippen LogP contribution is -2.40. The number of aromatic nitrogens is 1. The summed E-state index contributed by atoms with van der Waals surface area (Å²) in [6.07, 6.45) is 2.81. The van der Waals surface area contributed by atoms with Gasteiger partial charge in [-0.1, -0.05) is 13.0 Å². The zero-order valence-corrected chi connectivity index (χ0v) is 12.2. The minimum absolute atomic E-state index is 0.356. The maximum atomic E-state index is 5.44. The first-order chi connectivity index (χ1) is 9.15. The number of hydrogen-bond donors (Lipinski definition) is 2. The third-order valence-electron chi connectivity index (χ3n) is 2.36. The topological polar surface area (TPSA) is 58.5 Å². The Morgan fingerprint density at radius 1 is 1.42 bits per heavy atom. The van der Waals surface area contributed by atoms with Crippen molar-refractivity contribution in [3.63, 3.8) is 0 Å². The molecule has 0 aliphatic rings. The van der Waals surface area contributed by atoms with Crippen molar-refractivity contribution in [3.05, 3.63) is 23.9 Å². The Hall–Kier alpha value is -1.78. The molecular weight excluding hydrogens is 240 g/mol. The zero-order valence-electron chi connectivity index (χ0n) is 12.2. The van der Waals surface area contributed by atoms with Crippen LogP contribution in [0, 0.1) is 0 Å². The van der Waals surface area contributed by atoms with Gasteiger partial charge in [-0.25, -0.2) is 4.98 Å². The number of rotatable bonds is 6. The van der Waals surface area contributed by atoms with Crippen molar-refractivity contribution in [1.82, 2.24) is 15.6 Å². The molecule has 0 amide bonds. The fourth-order valence-electron chi connectivity index (χ4n) is 1.46. The highest BCUT2D eigenvalue weighted by Gasteiger charge is 2.01. The van der Waals surface area contributed by atoms with Crippen LogP contribution < -0.4 is 15.4 Å². The van der Waals surface area contributed by atoms with Gasteiger partial charge in [0.25, 0.3) is 0 Å². The molecule has 1 rings (SSSR count). The van der Waals surface area contributed by atoms with Gasteiger partial charge < -0.3 is 15.4 Å². The molecule has 0 aliphatic carbocycles. The minimum atomic E-state index is 0.356. The van der Waals surface area contributed by atoms with E-state index in [1.165, 1.54) is 0 Å². The van der Waals surface area contributed by atoms with Crippen LogP contribution in [0.2, 0.25) is 0 Å². The Morgan fingerprint density at radius 2 is 2.21 bits per heavy atom. The summed E-state index contributed by atoms with van der Waals surface area (Å²) in [6, 6.07) is 4.26. The van der Waals surface area contributed by atoms with Gasteiger partial charge in [0.2, 0.25) is 5.88 Å². The molecule has 1 aromatic rings. The third-order valence-corrected chi connectivity index (χ3v) is 2.36. The van der Waals surface area contributed by atoms with Crippen molar-refractivity contribution >= 4 is 5.96 Å². The normalized spacial score (nSPS) is 11.5. The summed E-state index contributed by atoms with van der Waals surface area (Å²) in [5.74, 6) is 1.47. The SMILES string of the molecule is CCCOc1ccc(CNC(=NC)NC(C)C)cn1. The maximum Gasteiger partial charge on any atom is 0.213 e. The van der Waals surface area contributed by atoms with Gasteiger partial charge in [0, 0.05) is 31.9 Å². The second-order valence-corrected chi connectivity index (χ2v) is 4.58. The molecule has 0 saturated carbocycles. The highest BCUT2D eigenvalue weighted by Crippen LogP contribution is 2.07. The second kappa shape index (κ2) is 8.34. The van der Waals surface area contributed by atoms with E-state index in [0.717, 1.165) is 17.9 Å². The molecule has 2 N–H and O–H groups in total. The van der Waals surface area contributed by atoms with E-state index in [0.29, 0.717) is 25.1 Å². The number of nitrogens with one attached hydrogen (secondary N) is 2. The van der Waals surface area contributed by atoms with E-state index in [2.05, 4.69) is 41.4 Å². The largest absolute Gasteiger partial charge is 0.478 e. The zero-order chi connectivity index (χ0) is 14.1. The van der Waals surface area contributed by atoms with Crippen LogP contribution in [0.5, 0.6) is 5.88 Å². The molecule has 106 valence electrons. The Balaban J connectivity index is 2.44. The molecule has 5 nitrogen and oxygen atoms in total. The molecular formula is C14H24N4O. The van der Waals surface area contributed by atoms with Crippen LogP contribution in [0.1, 0.15) is 32.8 Å². The number of ether oxygens (including phenoxy) is 1. The molecule has 0 saturated heterocycles. The Kier molecular flexibility index (Phi) is 6.71. The Morgan fingerprint density at radius 3 is 2.74 bits per heavy atom. The first-order valence-electron chi connectivity index (χ1n) is 6.70. The van der Waals surface area contributed by atoms with Crippen LogP contribution in [0.15, 0.2) is 23.3 Å². The quantitative estimate of drug-likeness (QED) is 0.609. The van der Waals surface area contributed by atoms with E-state index < -0.39 is 0 Å². The molecule has 5 heteroatoms. The molecule has 1 aromatic heterocycles. The van der Waals surface area contributed by atoms with Gasteiger partial charge in [-0.3, -0.25) is 4.99 Å². The Bertz CT molecular complexity index is 387. The fraction of sp³-hybridized carbons (Fsp3) is 0.571. The average Bonchev–Trinajstić information content (AvgIpc) is 2.42. The van der Waals surface area contributed by atoms with E-state index in [1.54, 1.807) is 7.05 Å². The van der Waals surface area contributed by atoms with Gasteiger partial charge in [-0.2, -0.15) is 0 Å². The summed E-state index contributed by atoms with van der Waals surface area (Å²) >= 11 is 0. The molecule has 0 bridgehead atoms. The summed E-state index contributed by atoms with van der Waals surface area (Å²) in [7, 11) is 1.76. The average molecular weight is 264 g/mol. The van der Waals surface area contributed by atoms with Crippen molar-refractivity contribution in [3.8, 4) is 5.88 Å². The van der Waals surface area contributed by atoms with E-state index in [1.807, 2.05) is 18.3 Å². The number of aliphatic imine (C=N–C) groups is 1. The standard InChI is InChI=1S/C14H24N4O/c1-5-8-19-13-7-6-12(9-16-13)10-17-14(15-4)18-11(2)3/h6-7,9,11H,5,8,10H2,1-4H3,(H2,15,17,18). The predicted octanol–water partition coefficient (Wildman–Crippen LogP) is 1.94. The molecule has 0 radical (unpaired) electrons. The van der Waals surface area contributed by atoms with Crippen LogP contribution in [-0.2, 0) is 6.54 Å². The summed E-state index contributed by atoms with van der Waals surface area (Å²) in [6.45, 7) is 7.62. The second-order valence-electron chi connectivity index (χ2n) is 4.58. The highest BCUT2D eigenvalue weighted by atomic mass is 16.5.